The molecule has 0 aliphatic carbocycles. The Hall–Kier alpha value is -4.86. The molecule has 0 saturated carbocycles. The Morgan fingerprint density at radius 3 is 1.95 bits per heavy atom. The molecule has 3 heterocycles. The van der Waals surface area contributed by atoms with Gasteiger partial charge in [0.2, 0.25) is 0 Å². The summed E-state index contributed by atoms with van der Waals surface area (Å²) in [4.78, 5) is 0. The molecule has 0 spiro atoms. The van der Waals surface area contributed by atoms with Crippen molar-refractivity contribution in [2.24, 2.45) is 0 Å². The van der Waals surface area contributed by atoms with Gasteiger partial charge in [0, 0.05) is 37.0 Å². The van der Waals surface area contributed by atoms with Gasteiger partial charge in [0.1, 0.15) is 11.2 Å². The number of aryl methyl sites for hydroxylation is 2. The first-order valence-electron chi connectivity index (χ1n) is 14.0. The van der Waals surface area contributed by atoms with Gasteiger partial charge in [0.05, 0.1) is 21.4 Å². The van der Waals surface area contributed by atoms with Crippen LogP contribution in [0.1, 0.15) is 11.1 Å². The largest absolute Gasteiger partial charge is 0.456 e. The lowest BCUT2D eigenvalue weighted by atomic mass is 10.0. The molecule has 0 N–H and O–H groups in total. The van der Waals surface area contributed by atoms with Crippen LogP contribution in [0.4, 0.5) is 0 Å². The molecule has 0 unspecified atom stereocenters. The van der Waals surface area contributed by atoms with E-state index in [2.05, 4.69) is 122 Å². The molecule has 9 aromatic rings. The van der Waals surface area contributed by atoms with E-state index < -0.39 is 0 Å². The number of para-hydroxylation sites is 1. The van der Waals surface area contributed by atoms with Crippen molar-refractivity contribution in [2.75, 3.05) is 0 Å². The SMILES string of the molecule is Cc1ccc2c(c1)c1cc(C)ccc1n2-c1cccc2c1sc1ccc(-c3ccc4oc5ccccc5c4c3)cc12. The summed E-state index contributed by atoms with van der Waals surface area (Å²) in [5.41, 5.74) is 10.6. The summed E-state index contributed by atoms with van der Waals surface area (Å²) in [5.74, 6) is 0. The first-order valence-corrected chi connectivity index (χ1v) is 14.8. The topological polar surface area (TPSA) is 18.1 Å². The molecule has 9 rings (SSSR count). The highest BCUT2D eigenvalue weighted by Crippen LogP contribution is 2.42. The summed E-state index contributed by atoms with van der Waals surface area (Å²) in [7, 11) is 0. The van der Waals surface area contributed by atoms with E-state index >= 15 is 0 Å². The van der Waals surface area contributed by atoms with Crippen molar-refractivity contribution in [1.82, 2.24) is 4.57 Å². The number of rotatable bonds is 2. The van der Waals surface area contributed by atoms with Gasteiger partial charge >= 0.3 is 0 Å². The summed E-state index contributed by atoms with van der Waals surface area (Å²) < 4.78 is 11.2. The minimum absolute atomic E-state index is 0.929. The maximum Gasteiger partial charge on any atom is 0.135 e. The van der Waals surface area contributed by atoms with Gasteiger partial charge in [-0.1, -0.05) is 65.7 Å². The zero-order valence-electron chi connectivity index (χ0n) is 22.7. The first kappa shape index (κ1) is 22.9. The van der Waals surface area contributed by atoms with Crippen molar-refractivity contribution in [3.8, 4) is 16.8 Å². The molecule has 0 atom stereocenters. The molecule has 0 radical (unpaired) electrons. The summed E-state index contributed by atoms with van der Waals surface area (Å²) in [5, 5.41) is 7.54. The Morgan fingerprint density at radius 2 is 1.17 bits per heavy atom. The lowest BCUT2D eigenvalue weighted by molar-refractivity contribution is 0.669. The van der Waals surface area contributed by atoms with Crippen molar-refractivity contribution in [1.29, 1.82) is 0 Å². The third-order valence-corrected chi connectivity index (χ3v) is 9.71. The van der Waals surface area contributed by atoms with Crippen molar-refractivity contribution in [3.63, 3.8) is 0 Å². The van der Waals surface area contributed by atoms with Crippen LogP contribution >= 0.6 is 11.3 Å². The standard InChI is InChI=1S/C38H25NOS/c1-22-10-14-32-28(18-22)29-19-23(2)11-15-33(29)39(32)34-8-5-7-27-31-21-25(13-17-37(31)41-38(27)34)24-12-16-36-30(20-24)26-6-3-4-9-35(26)40-36/h3-21H,1-2H3. The van der Waals surface area contributed by atoms with E-state index in [-0.39, 0.29) is 0 Å². The van der Waals surface area contributed by atoms with Crippen molar-refractivity contribution >= 4 is 75.3 Å². The predicted molar refractivity (Wildman–Crippen MR) is 176 cm³/mol. The van der Waals surface area contributed by atoms with Gasteiger partial charge in [-0.25, -0.2) is 0 Å². The number of benzene rings is 6. The molecule has 3 aromatic heterocycles. The molecule has 0 saturated heterocycles. The Morgan fingerprint density at radius 1 is 0.512 bits per heavy atom. The van der Waals surface area contributed by atoms with Crippen LogP contribution in [0.2, 0.25) is 0 Å². The van der Waals surface area contributed by atoms with Crippen LogP contribution in [0.25, 0.3) is 80.7 Å². The average molecular weight is 544 g/mol. The summed E-state index contributed by atoms with van der Waals surface area (Å²) >= 11 is 1.88. The van der Waals surface area contributed by atoms with Crippen LogP contribution in [0.3, 0.4) is 0 Å². The molecule has 3 heteroatoms. The third kappa shape index (κ3) is 3.30. The minimum atomic E-state index is 0.929. The van der Waals surface area contributed by atoms with Crippen LogP contribution in [-0.4, -0.2) is 4.57 Å². The second kappa shape index (κ2) is 8.33. The lowest BCUT2D eigenvalue weighted by Crippen LogP contribution is -1.94. The number of fused-ring (bicyclic) bond motifs is 9. The van der Waals surface area contributed by atoms with Crippen LogP contribution in [-0.2, 0) is 0 Å². The van der Waals surface area contributed by atoms with Crippen LogP contribution in [0.15, 0.2) is 120 Å². The maximum atomic E-state index is 6.08. The second-order valence-corrected chi connectivity index (χ2v) is 12.2. The highest BCUT2D eigenvalue weighted by Gasteiger charge is 2.17. The van der Waals surface area contributed by atoms with E-state index in [0.717, 1.165) is 21.9 Å². The van der Waals surface area contributed by atoms with Crippen LogP contribution in [0.5, 0.6) is 0 Å². The molecule has 41 heavy (non-hydrogen) atoms. The number of hydrogen-bond acceptors (Lipinski definition) is 2. The van der Waals surface area contributed by atoms with E-state index in [1.54, 1.807) is 0 Å². The van der Waals surface area contributed by atoms with Gasteiger partial charge in [0.15, 0.2) is 0 Å². The molecule has 0 bridgehead atoms. The van der Waals surface area contributed by atoms with Gasteiger partial charge in [-0.05, 0) is 85.6 Å². The maximum absolute atomic E-state index is 6.08. The molecular formula is C38H25NOS. The Bertz CT molecular complexity index is 2450. The smallest absolute Gasteiger partial charge is 0.135 e. The van der Waals surface area contributed by atoms with E-state index in [0.29, 0.717) is 0 Å². The molecule has 0 amide bonds. The second-order valence-electron chi connectivity index (χ2n) is 11.2. The minimum Gasteiger partial charge on any atom is -0.456 e. The Kier molecular flexibility index (Phi) is 4.65. The Balaban J connectivity index is 1.28. The summed E-state index contributed by atoms with van der Waals surface area (Å²) in [6.45, 7) is 4.35. The fraction of sp³-hybridized carbons (Fsp3) is 0.0526. The van der Waals surface area contributed by atoms with Gasteiger partial charge in [-0.15, -0.1) is 11.3 Å². The van der Waals surface area contributed by atoms with Gasteiger partial charge in [-0.3, -0.25) is 0 Å². The van der Waals surface area contributed by atoms with Crippen molar-refractivity contribution in [3.05, 3.63) is 126 Å². The Labute approximate surface area is 240 Å². The summed E-state index contributed by atoms with van der Waals surface area (Å²) in [6, 6.07) is 42.1. The normalized spacial score (nSPS) is 12.1. The average Bonchev–Trinajstić information content (AvgIpc) is 3.65. The fourth-order valence-corrected chi connectivity index (χ4v) is 7.74. The molecule has 194 valence electrons. The number of hydrogen-bond donors (Lipinski definition) is 0. The van der Waals surface area contributed by atoms with Gasteiger partial charge in [0.25, 0.3) is 0 Å². The number of thiophene rings is 1. The molecule has 6 aromatic carbocycles. The molecular weight excluding hydrogens is 518 g/mol. The number of nitrogens with zero attached hydrogens (tertiary/aromatic N) is 1. The van der Waals surface area contributed by atoms with Crippen molar-refractivity contribution in [2.45, 2.75) is 13.8 Å². The monoisotopic (exact) mass is 543 g/mol. The number of aromatic nitrogens is 1. The highest BCUT2D eigenvalue weighted by atomic mass is 32.1. The zero-order chi connectivity index (χ0) is 27.2. The van der Waals surface area contributed by atoms with Crippen LogP contribution < -0.4 is 0 Å². The highest BCUT2D eigenvalue weighted by molar-refractivity contribution is 7.26. The van der Waals surface area contributed by atoms with Gasteiger partial charge in [-0.2, -0.15) is 0 Å². The third-order valence-electron chi connectivity index (χ3n) is 8.50. The molecule has 2 nitrogen and oxygen atoms in total. The van der Waals surface area contributed by atoms with Gasteiger partial charge < -0.3 is 8.98 Å². The van der Waals surface area contributed by atoms with Crippen LogP contribution in [0, 0.1) is 13.8 Å². The van der Waals surface area contributed by atoms with Crippen molar-refractivity contribution < 1.29 is 4.42 Å². The van der Waals surface area contributed by atoms with E-state index in [1.807, 2.05) is 23.5 Å². The quantitative estimate of drug-likeness (QED) is 0.212. The van der Waals surface area contributed by atoms with E-state index in [9.17, 15) is 0 Å². The predicted octanol–water partition coefficient (Wildman–Crippen LogP) is 11.3. The molecule has 0 aliphatic rings. The van der Waals surface area contributed by atoms with E-state index in [4.69, 9.17) is 4.42 Å². The summed E-state index contributed by atoms with van der Waals surface area (Å²) in [6.07, 6.45) is 0. The van der Waals surface area contributed by atoms with E-state index in [1.165, 1.54) is 69.9 Å². The zero-order valence-corrected chi connectivity index (χ0v) is 23.5. The lowest BCUT2D eigenvalue weighted by Gasteiger charge is -2.09. The number of furan rings is 1. The fourth-order valence-electron chi connectivity index (χ4n) is 6.56. The molecule has 0 aliphatic heterocycles. The first-order chi connectivity index (χ1) is 20.1. The molecule has 0 fully saturated rings.